The quantitative estimate of drug-likeness (QED) is 0.198. The van der Waals surface area contributed by atoms with Crippen LogP contribution in [0.1, 0.15) is 17.3 Å². The summed E-state index contributed by atoms with van der Waals surface area (Å²) in [5.41, 5.74) is 0.436. The van der Waals surface area contributed by atoms with Crippen LogP contribution in [0, 0.1) is 0 Å². The minimum atomic E-state index is -0.413. The number of carbonyl (C=O) groups excluding carboxylic acids is 1. The number of halogens is 4. The first kappa shape index (κ1) is 19.6. The summed E-state index contributed by atoms with van der Waals surface area (Å²) in [5.74, 6) is -0.413. The Balaban J connectivity index is 2.46. The molecule has 0 amide bonds. The number of esters is 1. The van der Waals surface area contributed by atoms with E-state index < -0.39 is 5.97 Å². The van der Waals surface area contributed by atoms with Gasteiger partial charge in [0.25, 0.3) is 0 Å². The van der Waals surface area contributed by atoms with Gasteiger partial charge in [-0.05, 0) is 76.7 Å². The Kier molecular flexibility index (Phi) is 9.63. The highest BCUT2D eigenvalue weighted by Crippen LogP contribution is 2.39. The van der Waals surface area contributed by atoms with Crippen LogP contribution in [0.2, 0.25) is 0 Å². The normalized spacial score (nSPS) is 10.7. The Morgan fingerprint density at radius 3 is 2.24 bits per heavy atom. The van der Waals surface area contributed by atoms with Gasteiger partial charge in [0.2, 0.25) is 0 Å². The molecule has 0 fully saturated rings. The first-order chi connectivity index (χ1) is 9.99. The summed E-state index contributed by atoms with van der Waals surface area (Å²) in [4.78, 5) is 12.0. The van der Waals surface area contributed by atoms with Gasteiger partial charge < -0.3 is 14.2 Å². The molecule has 0 radical (unpaired) electrons. The highest BCUT2D eigenvalue weighted by atomic mass is 79.9. The fraction of sp³-hybridized carbons (Fsp3) is 0.462. The van der Waals surface area contributed by atoms with E-state index in [0.29, 0.717) is 36.5 Å². The van der Waals surface area contributed by atoms with Crippen LogP contribution in [0.25, 0.3) is 0 Å². The molecule has 0 unspecified atom stereocenters. The van der Waals surface area contributed by atoms with Gasteiger partial charge in [-0.15, -0.1) is 0 Å². The van der Waals surface area contributed by atoms with Crippen LogP contribution >= 0.6 is 63.7 Å². The highest BCUT2D eigenvalue weighted by Gasteiger charge is 2.18. The molecule has 0 heterocycles. The van der Waals surface area contributed by atoms with Crippen molar-refractivity contribution in [3.63, 3.8) is 0 Å². The zero-order valence-electron chi connectivity index (χ0n) is 11.3. The number of carbonyl (C=O) groups is 1. The molecule has 8 heteroatoms. The molecule has 0 aliphatic heterocycles. The van der Waals surface area contributed by atoms with Crippen molar-refractivity contribution in [1.82, 2.24) is 0 Å². The maximum atomic E-state index is 12.0. The number of benzene rings is 1. The van der Waals surface area contributed by atoms with Crippen molar-refractivity contribution in [3.05, 3.63) is 29.5 Å². The van der Waals surface area contributed by atoms with Crippen molar-refractivity contribution in [2.45, 2.75) is 6.92 Å². The van der Waals surface area contributed by atoms with E-state index in [1.54, 1.807) is 6.07 Å². The van der Waals surface area contributed by atoms with E-state index in [9.17, 15) is 4.79 Å². The maximum absolute atomic E-state index is 12.0. The van der Waals surface area contributed by atoms with Gasteiger partial charge in [-0.3, -0.25) is 0 Å². The molecule has 0 aromatic heterocycles. The lowest BCUT2D eigenvalue weighted by Crippen LogP contribution is -2.13. The van der Waals surface area contributed by atoms with E-state index in [0.717, 1.165) is 13.4 Å². The van der Waals surface area contributed by atoms with Crippen LogP contribution in [0.3, 0.4) is 0 Å². The van der Waals surface area contributed by atoms with E-state index in [1.165, 1.54) is 0 Å². The van der Waals surface area contributed by atoms with Gasteiger partial charge in [0.15, 0.2) is 0 Å². The van der Waals surface area contributed by atoms with Crippen LogP contribution in [0.4, 0.5) is 0 Å². The van der Waals surface area contributed by atoms with Gasteiger partial charge in [-0.25, -0.2) is 4.79 Å². The Bertz CT molecular complexity index is 494. The van der Waals surface area contributed by atoms with E-state index in [2.05, 4.69) is 63.7 Å². The lowest BCUT2D eigenvalue weighted by Gasteiger charge is -2.10. The fourth-order valence-corrected chi connectivity index (χ4v) is 3.53. The zero-order chi connectivity index (χ0) is 15.8. The van der Waals surface area contributed by atoms with E-state index in [1.807, 2.05) is 6.92 Å². The van der Waals surface area contributed by atoms with E-state index >= 15 is 0 Å². The van der Waals surface area contributed by atoms with E-state index in [-0.39, 0.29) is 6.61 Å². The zero-order valence-corrected chi connectivity index (χ0v) is 17.6. The molecule has 0 spiro atoms. The Hall–Kier alpha value is 0.530. The molecule has 21 heavy (non-hydrogen) atoms. The van der Waals surface area contributed by atoms with Crippen molar-refractivity contribution in [2.75, 3.05) is 33.0 Å². The molecule has 4 nitrogen and oxygen atoms in total. The second kappa shape index (κ2) is 10.3. The standard InChI is InChI=1S/C13H14Br4O4/c1-2-19-3-4-20-5-6-21-13(18)8-7-9(14)11(16)12(17)10(8)15/h7H,2-6H2,1H3. The fourth-order valence-electron chi connectivity index (χ4n) is 1.36. The number of hydrogen-bond donors (Lipinski definition) is 0. The molecule has 0 aliphatic carbocycles. The second-order valence-electron chi connectivity index (χ2n) is 3.79. The first-order valence-corrected chi connectivity index (χ1v) is 9.31. The summed E-state index contributed by atoms with van der Waals surface area (Å²) in [6, 6.07) is 1.69. The van der Waals surface area contributed by atoms with Crippen molar-refractivity contribution >= 4 is 69.7 Å². The van der Waals surface area contributed by atoms with Gasteiger partial charge >= 0.3 is 5.97 Å². The van der Waals surface area contributed by atoms with Crippen LogP contribution < -0.4 is 0 Å². The van der Waals surface area contributed by atoms with Gasteiger partial charge in [0.1, 0.15) is 6.61 Å². The Morgan fingerprint density at radius 1 is 0.952 bits per heavy atom. The van der Waals surface area contributed by atoms with Gasteiger partial charge in [0, 0.05) is 24.5 Å². The predicted octanol–water partition coefficient (Wildman–Crippen LogP) is 4.95. The summed E-state index contributed by atoms with van der Waals surface area (Å²) in [5, 5.41) is 0. The monoisotopic (exact) mass is 550 g/mol. The van der Waals surface area contributed by atoms with Gasteiger partial charge in [-0.1, -0.05) is 0 Å². The molecule has 0 saturated carbocycles. The third-order valence-corrected chi connectivity index (χ3v) is 7.02. The second-order valence-corrected chi connectivity index (χ2v) is 7.03. The summed E-state index contributed by atoms with van der Waals surface area (Å²) >= 11 is 13.5. The highest BCUT2D eigenvalue weighted by molar-refractivity contribution is 9.15. The van der Waals surface area contributed by atoms with Crippen molar-refractivity contribution in [2.24, 2.45) is 0 Å². The molecular formula is C13H14Br4O4. The minimum Gasteiger partial charge on any atom is -0.460 e. The molecule has 0 saturated heterocycles. The smallest absolute Gasteiger partial charge is 0.339 e. The van der Waals surface area contributed by atoms with Crippen LogP contribution in [0.5, 0.6) is 0 Å². The minimum absolute atomic E-state index is 0.197. The van der Waals surface area contributed by atoms with E-state index in [4.69, 9.17) is 14.2 Å². The lowest BCUT2D eigenvalue weighted by molar-refractivity contribution is 0.0163. The molecule has 0 N–H and O–H groups in total. The number of hydrogen-bond acceptors (Lipinski definition) is 4. The summed E-state index contributed by atoms with van der Waals surface area (Å²) in [6.45, 7) is 4.17. The van der Waals surface area contributed by atoms with Gasteiger partial charge in [0.05, 0.1) is 25.4 Å². The largest absolute Gasteiger partial charge is 0.460 e. The SMILES string of the molecule is CCOCCOCCOC(=O)c1cc(Br)c(Br)c(Br)c1Br. The molecule has 1 rings (SSSR count). The summed E-state index contributed by atoms with van der Waals surface area (Å²) in [7, 11) is 0. The topological polar surface area (TPSA) is 44.8 Å². The maximum Gasteiger partial charge on any atom is 0.339 e. The summed E-state index contributed by atoms with van der Waals surface area (Å²) in [6.07, 6.45) is 0. The third kappa shape index (κ3) is 6.27. The molecule has 118 valence electrons. The Labute approximate surface area is 157 Å². The van der Waals surface area contributed by atoms with Crippen molar-refractivity contribution in [1.29, 1.82) is 0 Å². The average Bonchev–Trinajstić information content (AvgIpc) is 2.47. The van der Waals surface area contributed by atoms with Crippen LogP contribution in [-0.4, -0.2) is 39.0 Å². The number of ether oxygens (including phenoxy) is 3. The molecule has 1 aromatic rings. The van der Waals surface area contributed by atoms with Gasteiger partial charge in [-0.2, -0.15) is 0 Å². The van der Waals surface area contributed by atoms with Crippen molar-refractivity contribution in [3.8, 4) is 0 Å². The van der Waals surface area contributed by atoms with Crippen molar-refractivity contribution < 1.29 is 19.0 Å². The van der Waals surface area contributed by atoms with Crippen LogP contribution in [0.15, 0.2) is 24.0 Å². The lowest BCUT2D eigenvalue weighted by atomic mass is 10.2. The van der Waals surface area contributed by atoms with Crippen LogP contribution in [-0.2, 0) is 14.2 Å². The molecule has 0 atom stereocenters. The third-order valence-electron chi connectivity index (χ3n) is 2.36. The molecule has 0 aliphatic rings. The average molecular weight is 554 g/mol. The first-order valence-electron chi connectivity index (χ1n) is 6.14. The summed E-state index contributed by atoms with van der Waals surface area (Å²) < 4.78 is 18.6. The predicted molar refractivity (Wildman–Crippen MR) is 94.8 cm³/mol. The molecule has 1 aromatic carbocycles. The molecular weight excluding hydrogens is 540 g/mol. The number of rotatable bonds is 8. The Morgan fingerprint density at radius 2 is 1.57 bits per heavy atom. The molecule has 0 bridgehead atoms.